The van der Waals surface area contributed by atoms with Gasteiger partial charge >= 0.3 is 5.97 Å². The van der Waals surface area contributed by atoms with Crippen LogP contribution < -0.4 is 4.89 Å². The van der Waals surface area contributed by atoms with E-state index >= 15 is 0 Å². The molecule has 0 aliphatic rings. The SMILES string of the molecule is CC(C)c1ccc(C(=O)O)cc1OO. The van der Waals surface area contributed by atoms with Gasteiger partial charge in [0.1, 0.15) is 0 Å². The second kappa shape index (κ2) is 4.11. The van der Waals surface area contributed by atoms with E-state index in [1.54, 1.807) is 6.07 Å². The van der Waals surface area contributed by atoms with E-state index in [4.69, 9.17) is 10.4 Å². The number of aromatic carboxylic acids is 1. The van der Waals surface area contributed by atoms with E-state index in [2.05, 4.69) is 4.89 Å². The van der Waals surface area contributed by atoms with E-state index in [1.807, 2.05) is 13.8 Å². The second-order valence-electron chi connectivity index (χ2n) is 3.30. The minimum absolute atomic E-state index is 0.0958. The van der Waals surface area contributed by atoms with Crippen molar-refractivity contribution in [2.75, 3.05) is 0 Å². The van der Waals surface area contributed by atoms with Gasteiger partial charge in [-0.05, 0) is 18.1 Å². The van der Waals surface area contributed by atoms with Crippen LogP contribution in [0, 0.1) is 0 Å². The quantitative estimate of drug-likeness (QED) is 0.575. The number of hydrogen-bond acceptors (Lipinski definition) is 3. The number of carboxylic acids is 1. The van der Waals surface area contributed by atoms with E-state index in [0.29, 0.717) is 0 Å². The summed E-state index contributed by atoms with van der Waals surface area (Å²) in [6.07, 6.45) is 0. The fourth-order valence-corrected chi connectivity index (χ4v) is 1.22. The fraction of sp³-hybridized carbons (Fsp3) is 0.300. The molecule has 0 bridgehead atoms. The zero-order chi connectivity index (χ0) is 10.7. The standard InChI is InChI=1S/C10H12O4/c1-6(2)8-4-3-7(10(11)12)5-9(8)14-13/h3-6,13H,1-2H3,(H,11,12). The number of hydrogen-bond donors (Lipinski definition) is 2. The average molecular weight is 196 g/mol. The van der Waals surface area contributed by atoms with Crippen molar-refractivity contribution in [1.82, 2.24) is 0 Å². The van der Waals surface area contributed by atoms with Crippen LogP contribution in [0.1, 0.15) is 35.7 Å². The molecule has 0 aromatic heterocycles. The Balaban J connectivity index is 3.18. The molecular formula is C10H12O4. The molecule has 76 valence electrons. The lowest BCUT2D eigenvalue weighted by atomic mass is 10.0. The van der Waals surface area contributed by atoms with Crippen LogP contribution in [0.2, 0.25) is 0 Å². The van der Waals surface area contributed by atoms with Crippen LogP contribution in [0.3, 0.4) is 0 Å². The van der Waals surface area contributed by atoms with Gasteiger partial charge in [-0.2, -0.15) is 0 Å². The molecule has 4 heteroatoms. The minimum Gasteiger partial charge on any atom is -0.478 e. The highest BCUT2D eigenvalue weighted by Crippen LogP contribution is 2.27. The lowest BCUT2D eigenvalue weighted by molar-refractivity contribution is -0.138. The van der Waals surface area contributed by atoms with Crippen LogP contribution in [0.25, 0.3) is 0 Å². The van der Waals surface area contributed by atoms with E-state index in [1.165, 1.54) is 12.1 Å². The Morgan fingerprint density at radius 1 is 1.43 bits per heavy atom. The summed E-state index contributed by atoms with van der Waals surface area (Å²) in [5, 5.41) is 17.3. The molecule has 0 heterocycles. The summed E-state index contributed by atoms with van der Waals surface area (Å²) < 4.78 is 0. The predicted molar refractivity (Wildman–Crippen MR) is 50.7 cm³/mol. The number of carbonyl (C=O) groups is 1. The van der Waals surface area contributed by atoms with Gasteiger partial charge in [0.15, 0.2) is 5.75 Å². The van der Waals surface area contributed by atoms with Crippen molar-refractivity contribution in [3.63, 3.8) is 0 Å². The third kappa shape index (κ3) is 2.03. The summed E-state index contributed by atoms with van der Waals surface area (Å²) in [4.78, 5) is 14.7. The van der Waals surface area contributed by atoms with E-state index in [9.17, 15) is 4.79 Å². The number of benzene rings is 1. The first-order valence-corrected chi connectivity index (χ1v) is 4.25. The highest BCUT2D eigenvalue weighted by Gasteiger charge is 2.11. The molecule has 0 aliphatic heterocycles. The Bertz CT molecular complexity index is 344. The molecule has 1 rings (SSSR count). The minimum atomic E-state index is -1.04. The Morgan fingerprint density at radius 3 is 2.50 bits per heavy atom. The van der Waals surface area contributed by atoms with Gasteiger partial charge in [0, 0.05) is 5.56 Å². The zero-order valence-electron chi connectivity index (χ0n) is 8.02. The van der Waals surface area contributed by atoms with E-state index in [0.717, 1.165) is 5.56 Å². The molecule has 1 aromatic rings. The van der Waals surface area contributed by atoms with Gasteiger partial charge in [0.05, 0.1) is 5.56 Å². The summed E-state index contributed by atoms with van der Waals surface area (Å²) in [5.41, 5.74) is 0.871. The maximum absolute atomic E-state index is 10.6. The van der Waals surface area contributed by atoms with Gasteiger partial charge in [0.2, 0.25) is 0 Å². The molecule has 0 radical (unpaired) electrons. The normalized spacial score (nSPS) is 10.3. The van der Waals surface area contributed by atoms with Crippen molar-refractivity contribution < 1.29 is 20.0 Å². The monoisotopic (exact) mass is 196 g/mol. The van der Waals surface area contributed by atoms with Crippen LogP contribution in [-0.4, -0.2) is 16.3 Å². The lowest BCUT2D eigenvalue weighted by Crippen LogP contribution is -2.00. The maximum Gasteiger partial charge on any atom is 0.335 e. The molecule has 0 saturated carbocycles. The molecule has 0 saturated heterocycles. The van der Waals surface area contributed by atoms with Gasteiger partial charge in [-0.15, -0.1) is 0 Å². The van der Waals surface area contributed by atoms with Crippen LogP contribution >= 0.6 is 0 Å². The molecule has 0 atom stereocenters. The summed E-state index contributed by atoms with van der Waals surface area (Å²) in [6, 6.07) is 4.43. The Hall–Kier alpha value is -1.55. The van der Waals surface area contributed by atoms with Crippen LogP contribution in [0.15, 0.2) is 18.2 Å². The van der Waals surface area contributed by atoms with Crippen molar-refractivity contribution in [2.24, 2.45) is 0 Å². The van der Waals surface area contributed by atoms with Gasteiger partial charge in [-0.25, -0.2) is 10.1 Å². The smallest absolute Gasteiger partial charge is 0.335 e. The third-order valence-electron chi connectivity index (χ3n) is 1.98. The molecule has 1 aromatic carbocycles. The summed E-state index contributed by atoms with van der Waals surface area (Å²) in [7, 11) is 0. The Labute approximate surface area is 81.7 Å². The summed E-state index contributed by atoms with van der Waals surface area (Å²) in [5.74, 6) is -0.682. The molecule has 0 amide bonds. The third-order valence-corrected chi connectivity index (χ3v) is 1.98. The van der Waals surface area contributed by atoms with E-state index < -0.39 is 5.97 Å². The highest BCUT2D eigenvalue weighted by molar-refractivity contribution is 5.88. The molecule has 0 aliphatic carbocycles. The Kier molecular flexibility index (Phi) is 3.09. The highest BCUT2D eigenvalue weighted by atomic mass is 17.1. The van der Waals surface area contributed by atoms with Crippen molar-refractivity contribution in [1.29, 1.82) is 0 Å². The average Bonchev–Trinajstić information content (AvgIpc) is 2.16. The van der Waals surface area contributed by atoms with Crippen molar-refractivity contribution in [3.05, 3.63) is 29.3 Å². The largest absolute Gasteiger partial charge is 0.478 e. The van der Waals surface area contributed by atoms with Crippen LogP contribution in [0.5, 0.6) is 5.75 Å². The van der Waals surface area contributed by atoms with E-state index in [-0.39, 0.29) is 17.2 Å². The first-order valence-electron chi connectivity index (χ1n) is 4.25. The van der Waals surface area contributed by atoms with Gasteiger partial charge in [-0.3, -0.25) is 0 Å². The number of rotatable bonds is 3. The fourth-order valence-electron chi connectivity index (χ4n) is 1.22. The molecule has 2 N–H and O–H groups in total. The van der Waals surface area contributed by atoms with Gasteiger partial charge in [-0.1, -0.05) is 19.9 Å². The van der Waals surface area contributed by atoms with Gasteiger partial charge in [0.25, 0.3) is 0 Å². The lowest BCUT2D eigenvalue weighted by Gasteiger charge is -2.09. The molecule has 4 nitrogen and oxygen atoms in total. The number of carboxylic acid groups (broad SMARTS) is 1. The molecule has 0 unspecified atom stereocenters. The van der Waals surface area contributed by atoms with Crippen LogP contribution in [0.4, 0.5) is 0 Å². The summed E-state index contributed by atoms with van der Waals surface area (Å²) >= 11 is 0. The molecule has 0 fully saturated rings. The van der Waals surface area contributed by atoms with Crippen molar-refractivity contribution >= 4 is 5.97 Å². The Morgan fingerprint density at radius 2 is 2.07 bits per heavy atom. The first-order chi connectivity index (χ1) is 6.56. The predicted octanol–water partition coefficient (Wildman–Crippen LogP) is 2.36. The molecule has 14 heavy (non-hydrogen) atoms. The maximum atomic E-state index is 10.6. The van der Waals surface area contributed by atoms with Crippen molar-refractivity contribution in [3.8, 4) is 5.75 Å². The first kappa shape index (κ1) is 10.5. The molecule has 0 spiro atoms. The van der Waals surface area contributed by atoms with Gasteiger partial charge < -0.3 is 9.99 Å². The topological polar surface area (TPSA) is 66.8 Å². The molecular weight excluding hydrogens is 184 g/mol. The van der Waals surface area contributed by atoms with Crippen molar-refractivity contribution in [2.45, 2.75) is 19.8 Å². The second-order valence-corrected chi connectivity index (χ2v) is 3.30. The van der Waals surface area contributed by atoms with Crippen LogP contribution in [-0.2, 0) is 0 Å². The summed E-state index contributed by atoms with van der Waals surface area (Å²) in [6.45, 7) is 3.86. The zero-order valence-corrected chi connectivity index (χ0v) is 8.02.